The number of ether oxygens (including phenoxy) is 3. The number of aliphatic hydroxyl groups is 1. The molecule has 0 saturated carbocycles. The summed E-state index contributed by atoms with van der Waals surface area (Å²) in [5.74, 6) is -0.427. The van der Waals surface area contributed by atoms with Gasteiger partial charge in [-0.1, -0.05) is 13.8 Å². The first-order chi connectivity index (χ1) is 10.0. The fraction of sp³-hybridized carbons (Fsp3) is 0.429. The Kier molecular flexibility index (Phi) is 4.32. The van der Waals surface area contributed by atoms with Gasteiger partial charge in [0.1, 0.15) is 0 Å². The number of hydrogen-bond donors (Lipinski definition) is 2. The van der Waals surface area contributed by atoms with E-state index in [1.165, 1.54) is 0 Å². The minimum Gasteiger partial charge on any atom is -0.449 e. The fourth-order valence-corrected chi connectivity index (χ4v) is 2.37. The highest BCUT2D eigenvalue weighted by Crippen LogP contribution is 2.42. The molecule has 1 heterocycles. The number of carbonyl (C=O) groups excluding carboxylic acids is 1. The predicted octanol–water partition coefficient (Wildman–Crippen LogP) is 1.62. The van der Waals surface area contributed by atoms with Crippen molar-refractivity contribution >= 4 is 12.1 Å². The van der Waals surface area contributed by atoms with Crippen molar-refractivity contribution in [2.75, 3.05) is 0 Å². The van der Waals surface area contributed by atoms with Gasteiger partial charge in [-0.3, -0.25) is 0 Å². The lowest BCUT2D eigenvalue weighted by Gasteiger charge is -2.13. The van der Waals surface area contributed by atoms with Crippen LogP contribution in [0.3, 0.4) is 0 Å². The largest absolute Gasteiger partial charge is 0.513 e. The summed E-state index contributed by atoms with van der Waals surface area (Å²) in [6.45, 7) is 3.68. The number of fused-ring (bicyclic) bond motifs is 1. The van der Waals surface area contributed by atoms with E-state index in [0.717, 1.165) is 16.7 Å². The fourth-order valence-electron chi connectivity index (χ4n) is 2.37. The van der Waals surface area contributed by atoms with Crippen molar-refractivity contribution in [3.63, 3.8) is 0 Å². The summed E-state index contributed by atoms with van der Waals surface area (Å²) in [4.78, 5) is 21.9. The van der Waals surface area contributed by atoms with Gasteiger partial charge in [0, 0.05) is 5.56 Å². The van der Waals surface area contributed by atoms with E-state index >= 15 is 0 Å². The van der Waals surface area contributed by atoms with Gasteiger partial charge in [0.25, 0.3) is 0 Å². The van der Waals surface area contributed by atoms with Crippen molar-refractivity contribution in [3.05, 3.63) is 22.8 Å². The zero-order chi connectivity index (χ0) is 15.6. The molecule has 2 rings (SSSR count). The normalized spacial score (nSPS) is 15.9. The highest BCUT2D eigenvalue weighted by atomic mass is 16.8. The van der Waals surface area contributed by atoms with Crippen molar-refractivity contribution in [1.82, 2.24) is 0 Å². The van der Waals surface area contributed by atoms with Crippen LogP contribution in [-0.4, -0.2) is 28.6 Å². The van der Waals surface area contributed by atoms with Gasteiger partial charge in [-0.25, -0.2) is 9.59 Å². The third-order valence-corrected chi connectivity index (χ3v) is 3.29. The van der Waals surface area contributed by atoms with Crippen molar-refractivity contribution < 1.29 is 34.0 Å². The van der Waals surface area contributed by atoms with Gasteiger partial charge in [-0.2, -0.15) is 0 Å². The van der Waals surface area contributed by atoms with Crippen LogP contribution in [0.1, 0.15) is 30.5 Å². The molecule has 0 amide bonds. The molecule has 1 aromatic carbocycles. The lowest BCUT2D eigenvalue weighted by atomic mass is 9.96. The van der Waals surface area contributed by atoms with Gasteiger partial charge in [0.05, 0.1) is 6.61 Å². The molecule has 0 spiro atoms. The molecule has 1 aromatic rings. The van der Waals surface area contributed by atoms with Crippen LogP contribution in [0.4, 0.5) is 4.79 Å². The summed E-state index contributed by atoms with van der Waals surface area (Å²) in [5, 5.41) is 18.0. The van der Waals surface area contributed by atoms with E-state index in [2.05, 4.69) is 4.74 Å². The molecule has 0 radical (unpaired) electrons. The van der Waals surface area contributed by atoms with Gasteiger partial charge >= 0.3 is 18.4 Å². The first kappa shape index (κ1) is 15.1. The quantitative estimate of drug-likeness (QED) is 0.643. The maximum absolute atomic E-state index is 11.5. The van der Waals surface area contributed by atoms with E-state index in [4.69, 9.17) is 14.6 Å². The Morgan fingerprint density at radius 3 is 2.48 bits per heavy atom. The van der Waals surface area contributed by atoms with E-state index in [-0.39, 0.29) is 6.61 Å². The molecule has 7 nitrogen and oxygen atoms in total. The van der Waals surface area contributed by atoms with E-state index in [1.54, 1.807) is 6.07 Å². The second kappa shape index (κ2) is 6.01. The van der Waals surface area contributed by atoms with E-state index in [1.807, 2.05) is 13.8 Å². The number of carbonyl (C=O) groups is 2. The zero-order valence-electron chi connectivity index (χ0n) is 11.7. The number of benzene rings is 1. The van der Waals surface area contributed by atoms with Gasteiger partial charge in [-0.05, 0) is 30.0 Å². The Morgan fingerprint density at radius 1 is 1.24 bits per heavy atom. The predicted molar refractivity (Wildman–Crippen MR) is 70.3 cm³/mol. The summed E-state index contributed by atoms with van der Waals surface area (Å²) in [7, 11) is 0. The van der Waals surface area contributed by atoms with Gasteiger partial charge in [0.2, 0.25) is 0 Å². The van der Waals surface area contributed by atoms with Crippen molar-refractivity contribution in [2.45, 2.75) is 39.6 Å². The summed E-state index contributed by atoms with van der Waals surface area (Å²) in [6, 6.07) is 1.69. The lowest BCUT2D eigenvalue weighted by Crippen LogP contribution is -2.32. The number of carboxylic acid groups (broad SMARTS) is 1. The molecule has 1 atom stereocenters. The average Bonchev–Trinajstić information content (AvgIpc) is 2.87. The second-order valence-corrected chi connectivity index (χ2v) is 4.44. The van der Waals surface area contributed by atoms with Crippen molar-refractivity contribution in [1.29, 1.82) is 0 Å². The van der Waals surface area contributed by atoms with Crippen LogP contribution in [0.5, 0.6) is 11.5 Å². The van der Waals surface area contributed by atoms with E-state index in [0.29, 0.717) is 24.3 Å². The number of rotatable bonds is 4. The van der Waals surface area contributed by atoms with Crippen LogP contribution in [-0.2, 0) is 29.0 Å². The summed E-state index contributed by atoms with van der Waals surface area (Å²) >= 11 is 0. The van der Waals surface area contributed by atoms with Crippen LogP contribution in [0.25, 0.3) is 0 Å². The number of aryl methyl sites for hydroxylation is 1. The maximum atomic E-state index is 11.5. The Bertz CT molecular complexity index is 579. The molecule has 21 heavy (non-hydrogen) atoms. The first-order valence-corrected chi connectivity index (χ1v) is 6.58. The van der Waals surface area contributed by atoms with Crippen LogP contribution < -0.4 is 9.47 Å². The number of aliphatic hydroxyl groups excluding tert-OH is 1. The van der Waals surface area contributed by atoms with Crippen LogP contribution in [0.2, 0.25) is 0 Å². The lowest BCUT2D eigenvalue weighted by molar-refractivity contribution is -0.156. The first-order valence-electron chi connectivity index (χ1n) is 6.58. The molecular weight excluding hydrogens is 280 g/mol. The third kappa shape index (κ3) is 2.78. The van der Waals surface area contributed by atoms with Crippen molar-refractivity contribution in [3.8, 4) is 11.5 Å². The van der Waals surface area contributed by atoms with Crippen molar-refractivity contribution in [2.24, 2.45) is 0 Å². The smallest absolute Gasteiger partial charge is 0.449 e. The molecular formula is C14H16O7. The van der Waals surface area contributed by atoms with E-state index < -0.39 is 18.4 Å². The monoisotopic (exact) mass is 296 g/mol. The average molecular weight is 296 g/mol. The van der Waals surface area contributed by atoms with E-state index in [9.17, 15) is 14.7 Å². The summed E-state index contributed by atoms with van der Waals surface area (Å²) in [6.07, 6.45) is -1.90. The standard InChI is InChI=1S/C14H16O7/c1-3-7-5-10-11(8(4-2)9(7)6-15)20-13(19-10)12(16)21-14(17)18/h5,13,15H,3-4,6H2,1-2H3,(H,17,18). The molecule has 0 fully saturated rings. The summed E-state index contributed by atoms with van der Waals surface area (Å²) < 4.78 is 14.7. The van der Waals surface area contributed by atoms with Gasteiger partial charge in [-0.15, -0.1) is 0 Å². The minimum atomic E-state index is -1.72. The molecule has 1 aliphatic heterocycles. The number of esters is 1. The topological polar surface area (TPSA) is 102 Å². The number of hydrogen-bond acceptors (Lipinski definition) is 6. The Morgan fingerprint density at radius 2 is 1.95 bits per heavy atom. The Hall–Kier alpha value is -2.28. The molecule has 114 valence electrons. The van der Waals surface area contributed by atoms with Gasteiger partial charge in [0.15, 0.2) is 11.5 Å². The Labute approximate surface area is 121 Å². The summed E-state index contributed by atoms with van der Waals surface area (Å²) in [5.41, 5.74) is 2.39. The molecule has 0 aromatic heterocycles. The highest BCUT2D eigenvalue weighted by molar-refractivity contribution is 5.84. The molecule has 2 N–H and O–H groups in total. The SMILES string of the molecule is CCc1cc2c(c(CC)c1CO)OC(C(=O)OC(=O)O)O2. The van der Waals surface area contributed by atoms with Crippen LogP contribution in [0.15, 0.2) is 6.07 Å². The molecule has 0 saturated heterocycles. The maximum Gasteiger partial charge on any atom is 0.513 e. The molecule has 0 aliphatic carbocycles. The van der Waals surface area contributed by atoms with Gasteiger partial charge < -0.3 is 24.4 Å². The zero-order valence-corrected chi connectivity index (χ0v) is 11.7. The van der Waals surface area contributed by atoms with Crippen LogP contribution in [0, 0.1) is 0 Å². The molecule has 7 heteroatoms. The second-order valence-electron chi connectivity index (χ2n) is 4.44. The molecule has 1 unspecified atom stereocenters. The molecule has 0 bridgehead atoms. The molecule has 1 aliphatic rings. The minimum absolute atomic E-state index is 0.146. The highest BCUT2D eigenvalue weighted by Gasteiger charge is 2.36. The van der Waals surface area contributed by atoms with Crippen LogP contribution >= 0.6 is 0 Å². The third-order valence-electron chi connectivity index (χ3n) is 3.29. The Balaban J connectivity index is 2.36.